The van der Waals surface area contributed by atoms with Crippen molar-refractivity contribution in [3.63, 3.8) is 0 Å². The summed E-state index contributed by atoms with van der Waals surface area (Å²) in [5, 5.41) is 2.33. The Bertz CT molecular complexity index is 650. The van der Waals surface area contributed by atoms with Crippen LogP contribution in [0.1, 0.15) is 11.1 Å². The average molecular weight is 305 g/mol. The zero-order valence-electron chi connectivity index (χ0n) is 10.4. The summed E-state index contributed by atoms with van der Waals surface area (Å²) in [7, 11) is 0. The van der Waals surface area contributed by atoms with E-state index in [1.807, 2.05) is 0 Å². The van der Waals surface area contributed by atoms with E-state index >= 15 is 0 Å². The maximum Gasteiger partial charge on any atom is 0.416 e. The Morgan fingerprint density at radius 1 is 0.857 bits per heavy atom. The summed E-state index contributed by atoms with van der Waals surface area (Å²) < 4.78 is 77.3. The lowest BCUT2D eigenvalue weighted by molar-refractivity contribution is -0.137. The van der Waals surface area contributed by atoms with Crippen LogP contribution >= 0.6 is 0 Å². The van der Waals surface area contributed by atoms with Crippen LogP contribution in [0, 0.1) is 17.5 Å². The summed E-state index contributed by atoms with van der Waals surface area (Å²) in [6, 6.07) is 4.51. The minimum Gasteiger partial charge on any atom is -0.378 e. The first-order valence-corrected chi connectivity index (χ1v) is 5.82. The summed E-state index contributed by atoms with van der Waals surface area (Å²) in [5.41, 5.74) is -1.59. The molecule has 7 heteroatoms. The lowest BCUT2D eigenvalue weighted by atomic mass is 10.1. The quantitative estimate of drug-likeness (QED) is 0.808. The summed E-state index contributed by atoms with van der Waals surface area (Å²) >= 11 is 0. The number of anilines is 1. The zero-order valence-corrected chi connectivity index (χ0v) is 10.4. The molecule has 2 rings (SSSR count). The standard InChI is InChI=1S/C14H9F6N/c15-10-2-4-11(16)8(5-10)7-21-13-6-9(14(18,19)20)1-3-12(13)17/h1-6,21H,7H2. The fraction of sp³-hybridized carbons (Fsp3) is 0.143. The number of benzene rings is 2. The SMILES string of the molecule is Fc1ccc(F)c(CNc2cc(C(F)(F)F)ccc2F)c1. The smallest absolute Gasteiger partial charge is 0.378 e. The second-order valence-electron chi connectivity index (χ2n) is 4.28. The van der Waals surface area contributed by atoms with Gasteiger partial charge >= 0.3 is 6.18 Å². The Balaban J connectivity index is 2.22. The van der Waals surface area contributed by atoms with E-state index in [4.69, 9.17) is 0 Å². The molecule has 2 aromatic rings. The molecule has 0 bridgehead atoms. The fourth-order valence-corrected chi connectivity index (χ4v) is 1.71. The monoisotopic (exact) mass is 305 g/mol. The predicted octanol–water partition coefficient (Wildman–Crippen LogP) is 4.73. The first kappa shape index (κ1) is 15.2. The van der Waals surface area contributed by atoms with Crippen molar-refractivity contribution < 1.29 is 26.3 Å². The van der Waals surface area contributed by atoms with Crippen molar-refractivity contribution in [1.29, 1.82) is 0 Å². The van der Waals surface area contributed by atoms with E-state index in [-0.39, 0.29) is 12.1 Å². The summed E-state index contributed by atoms with van der Waals surface area (Å²) in [6.07, 6.45) is -4.62. The topological polar surface area (TPSA) is 12.0 Å². The molecule has 21 heavy (non-hydrogen) atoms. The van der Waals surface area contributed by atoms with Crippen LogP contribution in [-0.2, 0) is 12.7 Å². The average Bonchev–Trinajstić information content (AvgIpc) is 2.40. The van der Waals surface area contributed by atoms with Crippen molar-refractivity contribution in [1.82, 2.24) is 0 Å². The maximum absolute atomic E-state index is 13.4. The molecule has 0 saturated carbocycles. The lowest BCUT2D eigenvalue weighted by Crippen LogP contribution is -2.08. The highest BCUT2D eigenvalue weighted by Gasteiger charge is 2.31. The van der Waals surface area contributed by atoms with E-state index in [1.54, 1.807) is 0 Å². The molecule has 0 heterocycles. The highest BCUT2D eigenvalue weighted by molar-refractivity contribution is 5.48. The van der Waals surface area contributed by atoms with Crippen LogP contribution in [0.4, 0.5) is 32.0 Å². The first-order valence-electron chi connectivity index (χ1n) is 5.82. The van der Waals surface area contributed by atoms with Crippen molar-refractivity contribution in [2.45, 2.75) is 12.7 Å². The molecule has 0 saturated heterocycles. The molecule has 2 aromatic carbocycles. The fourth-order valence-electron chi connectivity index (χ4n) is 1.71. The Morgan fingerprint density at radius 3 is 2.19 bits per heavy atom. The highest BCUT2D eigenvalue weighted by Crippen LogP contribution is 2.32. The Hall–Kier alpha value is -2.18. The molecular weight excluding hydrogens is 296 g/mol. The van der Waals surface area contributed by atoms with Gasteiger partial charge in [-0.2, -0.15) is 13.2 Å². The normalized spacial score (nSPS) is 11.5. The molecule has 1 N–H and O–H groups in total. The van der Waals surface area contributed by atoms with Gasteiger partial charge in [0.2, 0.25) is 0 Å². The van der Waals surface area contributed by atoms with Crippen LogP contribution in [0.5, 0.6) is 0 Å². The van der Waals surface area contributed by atoms with Gasteiger partial charge in [0.15, 0.2) is 0 Å². The van der Waals surface area contributed by atoms with Gasteiger partial charge in [0.1, 0.15) is 17.5 Å². The van der Waals surface area contributed by atoms with Gasteiger partial charge < -0.3 is 5.32 Å². The van der Waals surface area contributed by atoms with Gasteiger partial charge in [0.25, 0.3) is 0 Å². The third kappa shape index (κ3) is 3.68. The number of hydrogen-bond acceptors (Lipinski definition) is 1. The Labute approximate surface area is 116 Å². The van der Waals surface area contributed by atoms with Crippen molar-refractivity contribution in [3.05, 3.63) is 65.0 Å². The molecule has 1 nitrogen and oxygen atoms in total. The van der Waals surface area contributed by atoms with Crippen LogP contribution in [0.25, 0.3) is 0 Å². The molecule has 0 fully saturated rings. The van der Waals surface area contributed by atoms with E-state index in [0.717, 1.165) is 18.2 Å². The van der Waals surface area contributed by atoms with Crippen molar-refractivity contribution >= 4 is 5.69 Å². The van der Waals surface area contributed by atoms with Gasteiger partial charge in [0.05, 0.1) is 11.3 Å². The van der Waals surface area contributed by atoms with Gasteiger partial charge in [-0.1, -0.05) is 0 Å². The molecule has 0 unspecified atom stereocenters. The van der Waals surface area contributed by atoms with E-state index < -0.39 is 34.9 Å². The van der Waals surface area contributed by atoms with Gasteiger partial charge in [-0.05, 0) is 36.4 Å². The van der Waals surface area contributed by atoms with Crippen molar-refractivity contribution in [3.8, 4) is 0 Å². The Kier molecular flexibility index (Phi) is 4.11. The maximum atomic E-state index is 13.4. The molecule has 0 aliphatic rings. The number of alkyl halides is 3. The molecule has 0 atom stereocenters. The highest BCUT2D eigenvalue weighted by atomic mass is 19.4. The van der Waals surface area contributed by atoms with Crippen LogP contribution < -0.4 is 5.32 Å². The minimum atomic E-state index is -4.62. The number of rotatable bonds is 3. The minimum absolute atomic E-state index is 0.119. The van der Waals surface area contributed by atoms with Gasteiger partial charge in [-0.25, -0.2) is 13.2 Å². The third-order valence-electron chi connectivity index (χ3n) is 2.77. The predicted molar refractivity (Wildman–Crippen MR) is 65.1 cm³/mol. The van der Waals surface area contributed by atoms with Crippen LogP contribution in [0.15, 0.2) is 36.4 Å². The van der Waals surface area contributed by atoms with Gasteiger partial charge in [0, 0.05) is 12.1 Å². The third-order valence-corrected chi connectivity index (χ3v) is 2.77. The summed E-state index contributed by atoms with van der Waals surface area (Å²) in [5.74, 6) is -2.35. The van der Waals surface area contributed by atoms with E-state index in [1.165, 1.54) is 0 Å². The van der Waals surface area contributed by atoms with Crippen molar-refractivity contribution in [2.24, 2.45) is 0 Å². The van der Waals surface area contributed by atoms with Crippen LogP contribution in [0.2, 0.25) is 0 Å². The lowest BCUT2D eigenvalue weighted by Gasteiger charge is -2.12. The summed E-state index contributed by atoms with van der Waals surface area (Å²) in [4.78, 5) is 0. The Morgan fingerprint density at radius 2 is 1.52 bits per heavy atom. The van der Waals surface area contributed by atoms with Gasteiger partial charge in [-0.15, -0.1) is 0 Å². The molecule has 0 radical (unpaired) electrons. The first-order chi connectivity index (χ1) is 9.77. The zero-order chi connectivity index (χ0) is 15.6. The van der Waals surface area contributed by atoms with E-state index in [0.29, 0.717) is 18.2 Å². The number of halogens is 6. The number of hydrogen-bond donors (Lipinski definition) is 1. The molecule has 0 aromatic heterocycles. The molecular formula is C14H9F6N. The van der Waals surface area contributed by atoms with E-state index in [2.05, 4.69) is 5.32 Å². The second-order valence-corrected chi connectivity index (χ2v) is 4.28. The molecule has 0 aliphatic heterocycles. The molecule has 0 aliphatic carbocycles. The van der Waals surface area contributed by atoms with Crippen LogP contribution in [-0.4, -0.2) is 0 Å². The molecule has 0 amide bonds. The van der Waals surface area contributed by atoms with Crippen molar-refractivity contribution in [2.75, 3.05) is 5.32 Å². The van der Waals surface area contributed by atoms with Gasteiger partial charge in [-0.3, -0.25) is 0 Å². The summed E-state index contributed by atoms with van der Waals surface area (Å²) in [6.45, 7) is -0.345. The van der Waals surface area contributed by atoms with E-state index in [9.17, 15) is 26.3 Å². The second kappa shape index (κ2) is 5.67. The van der Waals surface area contributed by atoms with Crippen LogP contribution in [0.3, 0.4) is 0 Å². The number of nitrogens with one attached hydrogen (secondary N) is 1. The largest absolute Gasteiger partial charge is 0.416 e. The molecule has 0 spiro atoms. The molecule has 112 valence electrons.